The number of rotatable bonds is 6. The van der Waals surface area contributed by atoms with E-state index in [4.69, 9.17) is 4.74 Å². The molecule has 0 radical (unpaired) electrons. The minimum absolute atomic E-state index is 0.0218. The van der Waals surface area contributed by atoms with Gasteiger partial charge in [-0.25, -0.2) is 0 Å². The fourth-order valence-corrected chi connectivity index (χ4v) is 5.26. The quantitative estimate of drug-likeness (QED) is 0.328. The Labute approximate surface area is 170 Å². The molecule has 0 saturated heterocycles. The van der Waals surface area contributed by atoms with Crippen LogP contribution in [0.4, 0.5) is 0 Å². The van der Waals surface area contributed by atoms with Crippen LogP contribution in [0.3, 0.4) is 0 Å². The summed E-state index contributed by atoms with van der Waals surface area (Å²) >= 11 is 0. The van der Waals surface area contributed by atoms with E-state index in [0.29, 0.717) is 0 Å². The van der Waals surface area contributed by atoms with Crippen molar-refractivity contribution in [2.45, 2.75) is 27.7 Å². The standard InChI is InChI=1S/C26H23OS/c1-21(22-11-5-2-6-12-22)27-23-17-19-26(20-18-23)28(24-13-7-3-8-14-24)25-15-9-4-10-16-25/h2-21H,1H3/q+1. The maximum atomic E-state index is 6.15. The molecule has 138 valence electrons. The summed E-state index contributed by atoms with van der Waals surface area (Å²) in [7, 11) is -0.127. The molecule has 0 fully saturated rings. The van der Waals surface area contributed by atoms with E-state index in [1.807, 2.05) is 18.2 Å². The average Bonchev–Trinajstić information content (AvgIpc) is 2.77. The van der Waals surface area contributed by atoms with E-state index in [9.17, 15) is 0 Å². The van der Waals surface area contributed by atoms with Crippen molar-refractivity contribution >= 4 is 10.9 Å². The van der Waals surface area contributed by atoms with Gasteiger partial charge < -0.3 is 4.74 Å². The first kappa shape index (κ1) is 18.4. The summed E-state index contributed by atoms with van der Waals surface area (Å²) < 4.78 is 6.15. The largest absolute Gasteiger partial charge is 0.486 e. The monoisotopic (exact) mass is 383 g/mol. The Bertz CT molecular complexity index is 943. The summed E-state index contributed by atoms with van der Waals surface area (Å²) in [5, 5.41) is 0. The van der Waals surface area contributed by atoms with Gasteiger partial charge in [-0.15, -0.1) is 0 Å². The summed E-state index contributed by atoms with van der Waals surface area (Å²) in [5.74, 6) is 0.893. The molecule has 0 aromatic heterocycles. The van der Waals surface area contributed by atoms with Crippen LogP contribution in [0.5, 0.6) is 5.75 Å². The van der Waals surface area contributed by atoms with Crippen molar-refractivity contribution < 1.29 is 4.74 Å². The Morgan fingerprint density at radius 1 is 0.536 bits per heavy atom. The SMILES string of the molecule is CC(Oc1ccc([S+](c2ccccc2)c2ccccc2)cc1)c1ccccc1. The predicted octanol–water partition coefficient (Wildman–Crippen LogP) is 6.92. The molecule has 4 rings (SSSR count). The van der Waals surface area contributed by atoms with Crippen molar-refractivity contribution in [2.24, 2.45) is 0 Å². The molecule has 1 nitrogen and oxygen atoms in total. The van der Waals surface area contributed by atoms with Crippen LogP contribution < -0.4 is 4.74 Å². The van der Waals surface area contributed by atoms with Crippen molar-refractivity contribution in [3.8, 4) is 5.75 Å². The molecule has 0 heterocycles. The lowest BCUT2D eigenvalue weighted by molar-refractivity contribution is 0.227. The third kappa shape index (κ3) is 4.29. The smallest absolute Gasteiger partial charge is 0.166 e. The van der Waals surface area contributed by atoms with Gasteiger partial charge in [0.25, 0.3) is 0 Å². The molecule has 0 amide bonds. The van der Waals surface area contributed by atoms with Crippen molar-refractivity contribution in [3.05, 3.63) is 121 Å². The topological polar surface area (TPSA) is 9.23 Å². The Kier molecular flexibility index (Phi) is 5.79. The summed E-state index contributed by atoms with van der Waals surface area (Å²) in [4.78, 5) is 3.93. The Hall–Kier alpha value is -2.97. The molecule has 2 heteroatoms. The van der Waals surface area contributed by atoms with E-state index in [2.05, 4.69) is 104 Å². The fraction of sp³-hybridized carbons (Fsp3) is 0.0769. The lowest BCUT2D eigenvalue weighted by atomic mass is 10.1. The third-order valence-electron chi connectivity index (χ3n) is 4.60. The van der Waals surface area contributed by atoms with Gasteiger partial charge in [-0.05, 0) is 61.0 Å². The van der Waals surface area contributed by atoms with Crippen LogP contribution in [0.15, 0.2) is 130 Å². The van der Waals surface area contributed by atoms with E-state index in [0.717, 1.165) is 5.75 Å². The molecule has 0 spiro atoms. The highest BCUT2D eigenvalue weighted by molar-refractivity contribution is 7.97. The normalized spacial score (nSPS) is 11.9. The van der Waals surface area contributed by atoms with E-state index >= 15 is 0 Å². The first-order valence-corrected chi connectivity index (χ1v) is 10.7. The molecule has 1 unspecified atom stereocenters. The zero-order valence-electron chi connectivity index (χ0n) is 15.9. The second-order valence-electron chi connectivity index (χ2n) is 6.57. The van der Waals surface area contributed by atoms with E-state index in [1.165, 1.54) is 20.2 Å². The third-order valence-corrected chi connectivity index (χ3v) is 6.83. The zero-order chi connectivity index (χ0) is 19.2. The molecule has 0 aliphatic rings. The van der Waals surface area contributed by atoms with Gasteiger partial charge in [0.2, 0.25) is 0 Å². The van der Waals surface area contributed by atoms with Crippen molar-refractivity contribution in [1.82, 2.24) is 0 Å². The van der Waals surface area contributed by atoms with Gasteiger partial charge in [-0.1, -0.05) is 66.7 Å². The average molecular weight is 384 g/mol. The lowest BCUT2D eigenvalue weighted by Gasteiger charge is -2.15. The molecule has 28 heavy (non-hydrogen) atoms. The number of hydrogen-bond acceptors (Lipinski definition) is 1. The van der Waals surface area contributed by atoms with Gasteiger partial charge in [0.15, 0.2) is 14.7 Å². The van der Waals surface area contributed by atoms with Gasteiger partial charge in [-0.2, -0.15) is 0 Å². The van der Waals surface area contributed by atoms with Gasteiger partial charge in [0.1, 0.15) is 11.9 Å². The van der Waals surface area contributed by atoms with E-state index in [-0.39, 0.29) is 17.0 Å². The van der Waals surface area contributed by atoms with Crippen LogP contribution in [-0.4, -0.2) is 0 Å². The molecule has 4 aromatic carbocycles. The maximum Gasteiger partial charge on any atom is 0.166 e. The van der Waals surface area contributed by atoms with Crippen molar-refractivity contribution in [3.63, 3.8) is 0 Å². The number of hydrogen-bond donors (Lipinski definition) is 0. The summed E-state index contributed by atoms with van der Waals surface area (Å²) in [6.45, 7) is 2.09. The highest BCUT2D eigenvalue weighted by Crippen LogP contribution is 2.32. The van der Waals surface area contributed by atoms with Crippen LogP contribution in [0.1, 0.15) is 18.6 Å². The first-order valence-electron chi connectivity index (χ1n) is 9.47. The van der Waals surface area contributed by atoms with Crippen molar-refractivity contribution in [1.29, 1.82) is 0 Å². The molecule has 0 saturated carbocycles. The van der Waals surface area contributed by atoms with Crippen LogP contribution in [0.2, 0.25) is 0 Å². The molecule has 0 aliphatic carbocycles. The Morgan fingerprint density at radius 3 is 1.46 bits per heavy atom. The molecule has 1 atom stereocenters. The summed E-state index contributed by atoms with van der Waals surface area (Å²) in [6, 6.07) is 40.3. The minimum Gasteiger partial charge on any atom is -0.486 e. The molecular formula is C26H23OS+. The second kappa shape index (κ2) is 8.81. The Balaban J connectivity index is 1.60. The fourth-order valence-electron chi connectivity index (χ4n) is 3.17. The van der Waals surface area contributed by atoms with Gasteiger partial charge in [0, 0.05) is 0 Å². The summed E-state index contributed by atoms with van der Waals surface area (Å²) in [6.07, 6.45) is 0.0218. The molecule has 4 aromatic rings. The first-order chi connectivity index (χ1) is 13.8. The van der Waals surface area contributed by atoms with Gasteiger partial charge in [-0.3, -0.25) is 0 Å². The molecule has 0 bridgehead atoms. The van der Waals surface area contributed by atoms with Crippen LogP contribution in [0, 0.1) is 0 Å². The van der Waals surface area contributed by atoms with E-state index < -0.39 is 0 Å². The Morgan fingerprint density at radius 2 is 0.964 bits per heavy atom. The van der Waals surface area contributed by atoms with Crippen molar-refractivity contribution in [2.75, 3.05) is 0 Å². The van der Waals surface area contributed by atoms with Gasteiger partial charge >= 0.3 is 0 Å². The highest BCUT2D eigenvalue weighted by Gasteiger charge is 2.28. The number of benzene rings is 4. The highest BCUT2D eigenvalue weighted by atomic mass is 32.2. The molecular weight excluding hydrogens is 360 g/mol. The van der Waals surface area contributed by atoms with Crippen LogP contribution in [-0.2, 0) is 10.9 Å². The van der Waals surface area contributed by atoms with Crippen LogP contribution in [0.25, 0.3) is 0 Å². The molecule has 0 N–H and O–H groups in total. The lowest BCUT2D eigenvalue weighted by Crippen LogP contribution is -2.05. The predicted molar refractivity (Wildman–Crippen MR) is 117 cm³/mol. The minimum atomic E-state index is -0.127. The maximum absolute atomic E-state index is 6.15. The zero-order valence-corrected chi connectivity index (χ0v) is 16.7. The van der Waals surface area contributed by atoms with Crippen LogP contribution >= 0.6 is 0 Å². The molecule has 0 aliphatic heterocycles. The van der Waals surface area contributed by atoms with E-state index in [1.54, 1.807) is 0 Å². The van der Waals surface area contributed by atoms with Gasteiger partial charge in [0.05, 0.1) is 10.9 Å². The second-order valence-corrected chi connectivity index (χ2v) is 8.60. The number of ether oxygens (including phenoxy) is 1. The summed E-state index contributed by atoms with van der Waals surface area (Å²) in [5.41, 5.74) is 1.18.